The van der Waals surface area contributed by atoms with Gasteiger partial charge in [-0.3, -0.25) is 4.79 Å². The number of rotatable bonds is 4. The van der Waals surface area contributed by atoms with Crippen molar-refractivity contribution >= 4 is 22.6 Å². The van der Waals surface area contributed by atoms with Crippen molar-refractivity contribution in [1.82, 2.24) is 4.57 Å². The van der Waals surface area contributed by atoms with Crippen LogP contribution < -0.4 is 10.3 Å². The van der Waals surface area contributed by atoms with E-state index in [1.165, 1.54) is 10.8 Å². The maximum atomic E-state index is 15.7. The highest BCUT2D eigenvalue weighted by Crippen LogP contribution is 2.43. The monoisotopic (exact) mass is 416 g/mol. The molecule has 0 radical (unpaired) electrons. The lowest BCUT2D eigenvalue weighted by Crippen LogP contribution is -2.27. The SMILES string of the molecule is O=C(O)c1cn(C2CC2)c2c(F)c(N3CC4CC=CC(CO)C4C3)c(F)cc2c1=O. The summed E-state index contributed by atoms with van der Waals surface area (Å²) >= 11 is 0. The summed E-state index contributed by atoms with van der Waals surface area (Å²) in [5.74, 6) is -2.83. The van der Waals surface area contributed by atoms with Crippen LogP contribution in [-0.4, -0.2) is 40.4 Å². The minimum absolute atomic E-state index is 0.00657. The van der Waals surface area contributed by atoms with Gasteiger partial charge in [0.05, 0.1) is 10.9 Å². The Bertz CT molecular complexity index is 1140. The minimum Gasteiger partial charge on any atom is -0.477 e. The maximum Gasteiger partial charge on any atom is 0.341 e. The molecule has 3 atom stereocenters. The van der Waals surface area contributed by atoms with E-state index in [2.05, 4.69) is 0 Å². The molecule has 30 heavy (non-hydrogen) atoms. The van der Waals surface area contributed by atoms with Crippen molar-refractivity contribution in [2.45, 2.75) is 25.3 Å². The molecule has 1 aliphatic heterocycles. The van der Waals surface area contributed by atoms with E-state index >= 15 is 8.78 Å². The number of aromatic nitrogens is 1. The highest BCUT2D eigenvalue weighted by molar-refractivity contribution is 5.94. The smallest absolute Gasteiger partial charge is 0.341 e. The number of carbonyl (C=O) groups is 1. The van der Waals surface area contributed by atoms with E-state index in [9.17, 15) is 19.8 Å². The number of aliphatic hydroxyl groups excluding tert-OH is 1. The van der Waals surface area contributed by atoms with Gasteiger partial charge in [0.2, 0.25) is 5.43 Å². The first-order chi connectivity index (χ1) is 14.4. The van der Waals surface area contributed by atoms with Gasteiger partial charge in [0.1, 0.15) is 17.1 Å². The second-order valence-corrected chi connectivity index (χ2v) is 8.57. The number of fused-ring (bicyclic) bond motifs is 2. The van der Waals surface area contributed by atoms with Gasteiger partial charge in [-0.05, 0) is 37.2 Å². The molecule has 3 aliphatic rings. The summed E-state index contributed by atoms with van der Waals surface area (Å²) in [6.07, 6.45) is 7.46. The summed E-state index contributed by atoms with van der Waals surface area (Å²) in [7, 11) is 0. The lowest BCUT2D eigenvalue weighted by atomic mass is 9.78. The number of aromatic carboxylic acids is 1. The number of hydrogen-bond donors (Lipinski definition) is 2. The molecule has 8 heteroatoms. The van der Waals surface area contributed by atoms with Gasteiger partial charge in [-0.15, -0.1) is 0 Å². The third-order valence-electron chi connectivity index (χ3n) is 6.75. The van der Waals surface area contributed by atoms with Gasteiger partial charge in [-0.25, -0.2) is 13.6 Å². The summed E-state index contributed by atoms with van der Waals surface area (Å²) in [5.41, 5.74) is -1.57. The maximum absolute atomic E-state index is 15.7. The van der Waals surface area contributed by atoms with E-state index in [4.69, 9.17) is 0 Å². The van der Waals surface area contributed by atoms with Crippen molar-refractivity contribution < 1.29 is 23.8 Å². The van der Waals surface area contributed by atoms with Crippen LogP contribution in [-0.2, 0) is 0 Å². The summed E-state index contributed by atoms with van der Waals surface area (Å²) in [5, 5.41) is 18.8. The van der Waals surface area contributed by atoms with Gasteiger partial charge in [0, 0.05) is 37.9 Å². The topological polar surface area (TPSA) is 82.8 Å². The van der Waals surface area contributed by atoms with Crippen LogP contribution in [0.3, 0.4) is 0 Å². The normalized spacial score (nSPS) is 25.7. The molecule has 0 bridgehead atoms. The summed E-state index contributed by atoms with van der Waals surface area (Å²) in [6.45, 7) is 0.875. The van der Waals surface area contributed by atoms with Gasteiger partial charge in [0.25, 0.3) is 0 Å². The Morgan fingerprint density at radius 2 is 2.00 bits per heavy atom. The molecule has 2 N–H and O–H groups in total. The van der Waals surface area contributed by atoms with Crippen LogP contribution in [0.4, 0.5) is 14.5 Å². The quantitative estimate of drug-likeness (QED) is 0.749. The van der Waals surface area contributed by atoms with E-state index in [0.717, 1.165) is 25.3 Å². The number of nitrogens with zero attached hydrogens (tertiary/aromatic N) is 2. The number of aliphatic hydroxyl groups is 1. The van der Waals surface area contributed by atoms with Crippen molar-refractivity contribution in [1.29, 1.82) is 0 Å². The van der Waals surface area contributed by atoms with Crippen molar-refractivity contribution in [3.63, 3.8) is 0 Å². The van der Waals surface area contributed by atoms with Crippen LogP contribution in [0.5, 0.6) is 0 Å². The van der Waals surface area contributed by atoms with E-state index in [1.807, 2.05) is 12.2 Å². The summed E-state index contributed by atoms with van der Waals surface area (Å²) in [4.78, 5) is 25.8. The standard InChI is InChI=1S/C22H22F2N2O4/c23-17-6-14-19(26(13-4-5-13)9-16(21(14)28)22(29)30)18(24)20(17)25-7-11-2-1-3-12(10-27)15(11)8-25/h1,3,6,9,11-13,15,27H,2,4-5,7-8,10H2,(H,29,30). The largest absolute Gasteiger partial charge is 0.477 e. The van der Waals surface area contributed by atoms with Gasteiger partial charge in [0.15, 0.2) is 5.82 Å². The number of allylic oxidation sites excluding steroid dienone is 1. The number of anilines is 1. The molecule has 1 saturated heterocycles. The van der Waals surface area contributed by atoms with Crippen molar-refractivity contribution in [3.8, 4) is 0 Å². The van der Waals surface area contributed by atoms with Crippen LogP contribution in [0.15, 0.2) is 29.2 Å². The molecule has 0 amide bonds. The molecule has 3 unspecified atom stereocenters. The van der Waals surface area contributed by atoms with Crippen molar-refractivity contribution in [3.05, 3.63) is 51.8 Å². The number of carboxylic acids is 1. The van der Waals surface area contributed by atoms with Crippen LogP contribution in [0.2, 0.25) is 0 Å². The molecule has 0 spiro atoms. The van der Waals surface area contributed by atoms with Crippen LogP contribution in [0, 0.1) is 29.4 Å². The first-order valence-corrected chi connectivity index (χ1v) is 10.2. The van der Waals surface area contributed by atoms with Crippen molar-refractivity contribution in [2.24, 2.45) is 17.8 Å². The number of pyridine rings is 1. The van der Waals surface area contributed by atoms with E-state index in [-0.39, 0.29) is 47.0 Å². The van der Waals surface area contributed by atoms with Gasteiger partial charge < -0.3 is 19.7 Å². The fourth-order valence-electron chi connectivity index (χ4n) is 5.09. The fourth-order valence-corrected chi connectivity index (χ4v) is 5.09. The van der Waals surface area contributed by atoms with E-state index in [0.29, 0.717) is 13.1 Å². The molecule has 2 aliphatic carbocycles. The lowest BCUT2D eigenvalue weighted by Gasteiger charge is -2.26. The number of halogens is 2. The first kappa shape index (κ1) is 19.2. The summed E-state index contributed by atoms with van der Waals surface area (Å²) in [6, 6.07) is 0.883. The van der Waals surface area contributed by atoms with Gasteiger partial charge in [-0.2, -0.15) is 0 Å². The highest BCUT2D eigenvalue weighted by Gasteiger charge is 2.40. The number of benzene rings is 1. The van der Waals surface area contributed by atoms with E-state index < -0.39 is 28.6 Å². The minimum atomic E-state index is -1.41. The average molecular weight is 416 g/mol. The Labute approximate surface area is 171 Å². The third-order valence-corrected chi connectivity index (χ3v) is 6.75. The lowest BCUT2D eigenvalue weighted by molar-refractivity contribution is 0.0694. The molecule has 1 aromatic carbocycles. The molecular formula is C22H22F2N2O4. The Morgan fingerprint density at radius 3 is 2.67 bits per heavy atom. The average Bonchev–Trinajstić information content (AvgIpc) is 3.46. The Kier molecular flexibility index (Phi) is 4.43. The van der Waals surface area contributed by atoms with Gasteiger partial charge >= 0.3 is 5.97 Å². The van der Waals surface area contributed by atoms with Crippen LogP contribution in [0.25, 0.3) is 10.9 Å². The zero-order valence-electron chi connectivity index (χ0n) is 16.2. The molecule has 1 saturated carbocycles. The molecule has 2 aromatic rings. The number of hydrogen-bond acceptors (Lipinski definition) is 4. The first-order valence-electron chi connectivity index (χ1n) is 10.2. The number of carboxylic acid groups (broad SMARTS) is 1. The molecule has 6 nitrogen and oxygen atoms in total. The summed E-state index contributed by atoms with van der Waals surface area (Å²) < 4.78 is 32.3. The predicted molar refractivity (Wildman–Crippen MR) is 107 cm³/mol. The fraction of sp³-hybridized carbons (Fsp3) is 0.455. The van der Waals surface area contributed by atoms with Crippen molar-refractivity contribution in [2.75, 3.05) is 24.6 Å². The van der Waals surface area contributed by atoms with E-state index in [1.54, 1.807) is 4.90 Å². The van der Waals surface area contributed by atoms with Crippen LogP contribution in [0.1, 0.15) is 35.7 Å². The zero-order valence-corrected chi connectivity index (χ0v) is 16.2. The highest BCUT2D eigenvalue weighted by atomic mass is 19.1. The second-order valence-electron chi connectivity index (χ2n) is 8.57. The molecule has 2 fully saturated rings. The molecule has 158 valence electrons. The Morgan fingerprint density at radius 1 is 1.23 bits per heavy atom. The second kappa shape index (κ2) is 6.91. The van der Waals surface area contributed by atoms with Crippen LogP contribution >= 0.6 is 0 Å². The molecule has 1 aromatic heterocycles. The van der Waals surface area contributed by atoms with Gasteiger partial charge in [-0.1, -0.05) is 12.2 Å². The predicted octanol–water partition coefficient (Wildman–Crippen LogP) is 2.93. The zero-order chi connectivity index (χ0) is 21.2. The molecular weight excluding hydrogens is 394 g/mol. The third kappa shape index (κ3) is 2.85. The molecule has 5 rings (SSSR count). The Hall–Kier alpha value is -2.74. The molecule has 2 heterocycles. The Balaban J connectivity index is 1.66.